The van der Waals surface area contributed by atoms with Crippen molar-refractivity contribution in [1.82, 2.24) is 28.9 Å². The molecule has 4 heterocycles. The third-order valence-electron chi connectivity index (χ3n) is 16.8. The Morgan fingerprint density at radius 3 is 1.82 bits per heavy atom. The zero-order valence-corrected chi connectivity index (χ0v) is 38.7. The van der Waals surface area contributed by atoms with Gasteiger partial charge in [-0.3, -0.25) is 24.2 Å². The van der Waals surface area contributed by atoms with Crippen molar-refractivity contribution in [1.29, 1.82) is 0 Å². The molecule has 2 aromatic heterocycles. The van der Waals surface area contributed by atoms with Crippen LogP contribution in [0.3, 0.4) is 0 Å². The Labute approximate surface area is 396 Å². The molecule has 0 spiro atoms. The van der Waals surface area contributed by atoms with Crippen LogP contribution < -0.4 is 10.6 Å². The van der Waals surface area contributed by atoms with Gasteiger partial charge in [-0.15, -0.1) is 0 Å². The maximum Gasteiger partial charge on any atom is 0.311 e. The number of anilines is 2. The van der Waals surface area contributed by atoms with E-state index < -0.39 is 25.8 Å². The number of fused-ring (bicyclic) bond motifs is 6. The fraction of sp³-hybridized carbons (Fsp3) is 0.588. The molecule has 4 aromatic rings. The molecule has 65 heavy (non-hydrogen) atoms. The van der Waals surface area contributed by atoms with Crippen molar-refractivity contribution in [2.24, 2.45) is 35.6 Å². The molecule has 2 amide bonds. The molecule has 2 aromatic carbocycles. The van der Waals surface area contributed by atoms with Gasteiger partial charge in [0.1, 0.15) is 0 Å². The van der Waals surface area contributed by atoms with E-state index in [1.54, 1.807) is 37.4 Å². The summed E-state index contributed by atoms with van der Waals surface area (Å²) >= 11 is 7.08. The summed E-state index contributed by atoms with van der Waals surface area (Å²) in [6.07, 6.45) is 13.5. The minimum atomic E-state index is -2.65. The lowest BCUT2D eigenvalue weighted by Crippen LogP contribution is -2.34. The van der Waals surface area contributed by atoms with Crippen molar-refractivity contribution in [2.45, 2.75) is 110 Å². The van der Waals surface area contributed by atoms with Crippen molar-refractivity contribution in [3.05, 3.63) is 81.4 Å². The van der Waals surface area contributed by atoms with Gasteiger partial charge in [-0.1, -0.05) is 35.9 Å². The minimum absolute atomic E-state index is 0.0981. The maximum atomic E-state index is 14.2. The smallest absolute Gasteiger partial charge is 0.311 e. The Morgan fingerprint density at radius 2 is 1.25 bits per heavy atom. The largest absolute Gasteiger partial charge is 0.469 e. The summed E-state index contributed by atoms with van der Waals surface area (Å²) in [5.41, 5.74) is 5.08. The molecule has 4 fully saturated rings. The van der Waals surface area contributed by atoms with E-state index in [4.69, 9.17) is 34.3 Å². The Kier molecular flexibility index (Phi) is 9.78. The van der Waals surface area contributed by atoms with Gasteiger partial charge in [0.25, 0.3) is 11.8 Å². The molecule has 14 heteroatoms. The number of methoxy groups -OCH3 is 2. The summed E-state index contributed by atoms with van der Waals surface area (Å²) in [4.78, 5) is 54.9. The third-order valence-corrected chi connectivity index (χ3v) is 17.2. The molecular weight excluding hydrogens is 840 g/mol. The molecule has 4 saturated carbocycles. The van der Waals surface area contributed by atoms with Gasteiger partial charge in [-0.25, -0.2) is 9.97 Å². The summed E-state index contributed by atoms with van der Waals surface area (Å²) in [5.74, 6) is -1.87. The van der Waals surface area contributed by atoms with Gasteiger partial charge in [0.15, 0.2) is 11.6 Å². The predicted octanol–water partition coefficient (Wildman–Crippen LogP) is 8.50. The number of ether oxygens (including phenoxy) is 2. The highest BCUT2D eigenvalue weighted by Crippen LogP contribution is 2.64. The number of rotatable bonds is 14. The number of carbonyl (C=O) groups excluding carboxylic acids is 3. The molecule has 0 unspecified atom stereocenters. The van der Waals surface area contributed by atoms with Gasteiger partial charge >= 0.3 is 5.97 Å². The number of hydrogen-bond acceptors (Lipinski definition) is 9. The van der Waals surface area contributed by atoms with E-state index >= 15 is 0 Å². The van der Waals surface area contributed by atoms with Gasteiger partial charge in [-0.05, 0) is 137 Å². The lowest BCUT2D eigenvalue weighted by Gasteiger charge is -2.32. The van der Waals surface area contributed by atoms with Crippen LogP contribution in [0.2, 0.25) is 5.02 Å². The Bertz CT molecular complexity index is 2750. The molecule has 4 bridgehead atoms. The van der Waals surface area contributed by atoms with E-state index in [2.05, 4.69) is 25.4 Å². The molecule has 2 aliphatic heterocycles. The molecule has 346 valence electrons. The normalized spacial score (nSPS) is 28.7. The van der Waals surface area contributed by atoms with Crippen LogP contribution in [0.1, 0.15) is 135 Å². The molecular formula is C51H65ClN8O5. The molecule has 2 N–H and O–H groups in total. The molecule has 6 aliphatic rings. The maximum absolute atomic E-state index is 14.2. The molecule has 10 rings (SSSR count). The van der Waals surface area contributed by atoms with Crippen molar-refractivity contribution >= 4 is 40.8 Å². The highest BCUT2D eigenvalue weighted by Gasteiger charge is 2.58. The first-order valence-electron chi connectivity index (χ1n) is 26.4. The zero-order chi connectivity index (χ0) is 50.3. The van der Waals surface area contributed by atoms with Gasteiger partial charge in [0.05, 0.1) is 41.2 Å². The van der Waals surface area contributed by atoms with E-state index in [1.807, 2.05) is 13.0 Å². The monoisotopic (exact) mass is 911 g/mol. The van der Waals surface area contributed by atoms with Crippen molar-refractivity contribution in [2.75, 3.05) is 57.6 Å². The van der Waals surface area contributed by atoms with E-state index in [1.165, 1.54) is 39.2 Å². The van der Waals surface area contributed by atoms with Crippen LogP contribution >= 0.6 is 11.6 Å². The van der Waals surface area contributed by atoms with Crippen molar-refractivity contribution < 1.29 is 32.1 Å². The molecule has 0 atom stereocenters. The topological polar surface area (TPSA) is 136 Å². The van der Waals surface area contributed by atoms with E-state index in [9.17, 15) is 14.4 Å². The molecule has 13 nitrogen and oxygen atoms in total. The Balaban J connectivity index is 0.825. The Morgan fingerprint density at radius 1 is 0.723 bits per heavy atom. The first-order chi connectivity index (χ1) is 33.7. The van der Waals surface area contributed by atoms with Gasteiger partial charge in [-0.2, -0.15) is 0 Å². The van der Waals surface area contributed by atoms with E-state index in [0.717, 1.165) is 73.8 Å². The summed E-state index contributed by atoms with van der Waals surface area (Å²) in [7, 11) is 3.26. The average Bonchev–Trinajstić information content (AvgIpc) is 4.20. The number of carbonyl (C=O) groups is 3. The van der Waals surface area contributed by atoms with Crippen LogP contribution in [-0.2, 0) is 54.2 Å². The third kappa shape index (κ3) is 7.91. The number of imidazole rings is 2. The van der Waals surface area contributed by atoms with Crippen LogP contribution in [0, 0.1) is 28.6 Å². The second-order valence-electron chi connectivity index (χ2n) is 20.5. The minimum Gasteiger partial charge on any atom is -0.469 e. The van der Waals surface area contributed by atoms with E-state index in [-0.39, 0.29) is 39.2 Å². The summed E-state index contributed by atoms with van der Waals surface area (Å²) in [5, 5.41) is 5.97. The van der Waals surface area contributed by atoms with Gasteiger partial charge in [0, 0.05) is 90.9 Å². The van der Waals surface area contributed by atoms with Crippen LogP contribution in [0.4, 0.5) is 11.4 Å². The number of amides is 2. The highest BCUT2D eigenvalue weighted by molar-refractivity contribution is 6.36. The van der Waals surface area contributed by atoms with Crippen LogP contribution in [0.15, 0.2) is 36.4 Å². The van der Waals surface area contributed by atoms with Crippen molar-refractivity contribution in [3.63, 3.8) is 0 Å². The highest BCUT2D eigenvalue weighted by atomic mass is 35.5. The lowest BCUT2D eigenvalue weighted by molar-refractivity contribution is -0.152. The quantitative estimate of drug-likeness (QED) is 0.119. The summed E-state index contributed by atoms with van der Waals surface area (Å²) in [6.45, 7) is 1.16. The first kappa shape index (κ1) is 37.5. The first-order valence-corrected chi connectivity index (χ1v) is 23.8. The van der Waals surface area contributed by atoms with Crippen molar-refractivity contribution in [3.8, 4) is 11.1 Å². The van der Waals surface area contributed by atoms with E-state index in [0.29, 0.717) is 95.0 Å². The fourth-order valence-corrected chi connectivity index (χ4v) is 13.3. The van der Waals surface area contributed by atoms with Gasteiger partial charge in [0.2, 0.25) is 0 Å². The summed E-state index contributed by atoms with van der Waals surface area (Å²) in [6, 6.07) is 10.4. The number of hydrogen-bond donors (Lipinski definition) is 2. The average molecular weight is 912 g/mol. The van der Waals surface area contributed by atoms with Crippen LogP contribution in [0.25, 0.3) is 11.1 Å². The second-order valence-corrected chi connectivity index (χ2v) is 20.9. The standard InChI is InChI=1S/C51H65ClN8O5/c1-33-34(8-6-10-36(33)55-45(61)43-53-38-29-60(25-13-40(38)57(43)2)27-23-49-18-20-51(31-49,21-19-49)47(63)65-5)35-9-7-11-37(42(35)52)56-46(62)44-54-39-28-59(24-12-41(39)58(44)3)26-22-48-14-16-50(30-48,17-15-48)32-64-4/h6-11H,12-32H2,1-5H3,(H,55,61)(H,56,62)/i2D3,3D3. The number of halogens is 1. The number of nitrogens with one attached hydrogen (secondary N) is 2. The fourth-order valence-electron chi connectivity index (χ4n) is 13.1. The number of nitrogens with zero attached hydrogens (tertiary/aromatic N) is 6. The number of benzene rings is 2. The summed E-state index contributed by atoms with van der Waals surface area (Å²) < 4.78 is 63.6. The second kappa shape index (κ2) is 16.9. The van der Waals surface area contributed by atoms with Crippen LogP contribution in [-0.4, -0.2) is 93.7 Å². The number of esters is 1. The SMILES string of the molecule is [2H]C([2H])([2H])n1c(C(=O)Nc2cccc(-c3cccc(NC(=O)c4nc5c(n4C([2H])([2H])[2H])CCN(CCC46CCC(COC)(CC4)C6)C5)c3Cl)c2C)nc2c1CCN(CCC13CCC(C(=O)OC)(CC1)C3)C2. The Hall–Kier alpha value is -4.56. The number of aromatic nitrogens is 4. The predicted molar refractivity (Wildman–Crippen MR) is 251 cm³/mol. The van der Waals surface area contributed by atoms with Crippen LogP contribution in [0.5, 0.6) is 0 Å². The molecule has 0 radical (unpaired) electrons. The van der Waals surface area contributed by atoms with Gasteiger partial charge < -0.3 is 29.2 Å². The molecule has 4 aliphatic carbocycles. The zero-order valence-electron chi connectivity index (χ0n) is 43.9. The lowest BCUT2D eigenvalue weighted by atomic mass is 9.80. The molecule has 0 saturated heterocycles.